The minimum absolute atomic E-state index is 0.0395. The quantitative estimate of drug-likeness (QED) is 0.373. The van der Waals surface area contributed by atoms with E-state index in [-0.39, 0.29) is 18.0 Å². The van der Waals surface area contributed by atoms with E-state index in [0.29, 0.717) is 45.5 Å². The van der Waals surface area contributed by atoms with Crippen LogP contribution in [-0.4, -0.2) is 46.8 Å². The van der Waals surface area contributed by atoms with Crippen molar-refractivity contribution >= 4 is 51.4 Å². The van der Waals surface area contributed by atoms with Gasteiger partial charge in [-0.2, -0.15) is 15.1 Å². The Hall–Kier alpha value is -3.30. The summed E-state index contributed by atoms with van der Waals surface area (Å²) in [5, 5.41) is 15.4. The number of hydrogen-bond donors (Lipinski definition) is 1. The Morgan fingerprint density at radius 3 is 2.60 bits per heavy atom. The lowest BCUT2D eigenvalue weighted by atomic mass is 10.1. The number of aliphatic imine (C=N–C) groups is 1. The van der Waals surface area contributed by atoms with Crippen LogP contribution in [0.2, 0.25) is 5.02 Å². The summed E-state index contributed by atoms with van der Waals surface area (Å²) >= 11 is 7.79. The molecule has 0 aliphatic carbocycles. The number of halogens is 1. The van der Waals surface area contributed by atoms with E-state index in [1.54, 1.807) is 25.1 Å². The molecule has 10 heteroatoms. The van der Waals surface area contributed by atoms with E-state index in [9.17, 15) is 4.79 Å². The first-order chi connectivity index (χ1) is 16.8. The molecule has 182 valence electrons. The van der Waals surface area contributed by atoms with Gasteiger partial charge >= 0.3 is 0 Å². The topological polar surface area (TPSA) is 96.6 Å². The van der Waals surface area contributed by atoms with Gasteiger partial charge in [0.25, 0.3) is 5.91 Å². The number of fused-ring (bicyclic) bond motifs is 1. The number of rotatable bonds is 8. The van der Waals surface area contributed by atoms with E-state index in [4.69, 9.17) is 31.2 Å². The molecular weight excluding hydrogens is 488 g/mol. The molecule has 0 saturated carbocycles. The molecule has 1 N–H and O–H groups in total. The molecule has 0 bridgehead atoms. The van der Waals surface area contributed by atoms with Crippen LogP contribution < -0.4 is 14.2 Å². The highest BCUT2D eigenvalue weighted by atomic mass is 35.5. The maximum absolute atomic E-state index is 12.6. The lowest BCUT2D eigenvalue weighted by Gasteiger charge is -2.20. The SMILES string of the molecule is CCOc1cc(/C=C2/C(=N)N3N=C(C)SC3=NC2=O)cc(Cl)c1OCCOc1ccc(C)cc1C. The predicted octanol–water partition coefficient (Wildman–Crippen LogP) is 5.45. The molecule has 2 aromatic carbocycles. The minimum atomic E-state index is -0.503. The minimum Gasteiger partial charge on any atom is -0.490 e. The van der Waals surface area contributed by atoms with Crippen LogP contribution in [0.4, 0.5) is 0 Å². The van der Waals surface area contributed by atoms with Crippen LogP contribution in [0.1, 0.15) is 30.5 Å². The van der Waals surface area contributed by atoms with Gasteiger partial charge in [-0.1, -0.05) is 29.3 Å². The standard InChI is InChI=1S/C25H25ClN4O4S/c1-5-32-21-13-17(11-18-23(27)30-25(28-24(18)31)35-16(4)29-30)12-19(26)22(21)34-9-8-33-20-7-6-14(2)10-15(20)3/h6-7,10-13,27H,5,8-9H2,1-4H3/b18-11-,27-23?. The summed E-state index contributed by atoms with van der Waals surface area (Å²) in [6.45, 7) is 8.68. The molecule has 0 unspecified atom stereocenters. The summed E-state index contributed by atoms with van der Waals surface area (Å²) in [5.74, 6) is 1.09. The number of hydrazone groups is 1. The fourth-order valence-electron chi connectivity index (χ4n) is 3.59. The Bertz CT molecular complexity index is 1290. The van der Waals surface area contributed by atoms with Crippen molar-refractivity contribution in [2.75, 3.05) is 19.8 Å². The highest BCUT2D eigenvalue weighted by Crippen LogP contribution is 2.38. The maximum Gasteiger partial charge on any atom is 0.283 e. The summed E-state index contributed by atoms with van der Waals surface area (Å²) in [6.07, 6.45) is 1.56. The van der Waals surface area contributed by atoms with Crippen LogP contribution in [-0.2, 0) is 4.79 Å². The van der Waals surface area contributed by atoms with Gasteiger partial charge in [-0.15, -0.1) is 0 Å². The highest BCUT2D eigenvalue weighted by Gasteiger charge is 2.34. The van der Waals surface area contributed by atoms with Crippen molar-refractivity contribution in [3.8, 4) is 17.2 Å². The van der Waals surface area contributed by atoms with Gasteiger partial charge in [0.1, 0.15) is 19.0 Å². The molecule has 4 rings (SSSR count). The van der Waals surface area contributed by atoms with Crippen molar-refractivity contribution in [2.24, 2.45) is 10.1 Å². The van der Waals surface area contributed by atoms with Gasteiger partial charge in [0.15, 0.2) is 17.3 Å². The van der Waals surface area contributed by atoms with E-state index in [2.05, 4.69) is 16.2 Å². The van der Waals surface area contributed by atoms with Crippen molar-refractivity contribution in [3.05, 3.63) is 57.6 Å². The zero-order chi connectivity index (χ0) is 25.1. The van der Waals surface area contributed by atoms with E-state index in [1.807, 2.05) is 32.9 Å². The Labute approximate surface area is 213 Å². The molecule has 35 heavy (non-hydrogen) atoms. The van der Waals surface area contributed by atoms with Crippen LogP contribution in [0.15, 0.2) is 46.0 Å². The van der Waals surface area contributed by atoms with E-state index in [1.165, 1.54) is 22.3 Å². The molecule has 0 atom stereocenters. The zero-order valence-corrected chi connectivity index (χ0v) is 21.4. The first kappa shape index (κ1) is 24.8. The van der Waals surface area contributed by atoms with Crippen molar-refractivity contribution in [3.63, 3.8) is 0 Å². The number of ether oxygens (including phenoxy) is 3. The van der Waals surface area contributed by atoms with E-state index in [0.717, 1.165) is 11.3 Å². The third-order valence-corrected chi connectivity index (χ3v) is 6.22. The number of carbonyl (C=O) groups excluding carboxylic acids is 1. The van der Waals surface area contributed by atoms with Gasteiger partial charge in [0.05, 0.1) is 22.2 Å². The van der Waals surface area contributed by atoms with Crippen LogP contribution in [0.3, 0.4) is 0 Å². The molecule has 0 aromatic heterocycles. The molecular formula is C25H25ClN4O4S. The van der Waals surface area contributed by atoms with Gasteiger partial charge in [-0.25, -0.2) is 0 Å². The molecule has 2 aliphatic heterocycles. The molecule has 0 saturated heterocycles. The van der Waals surface area contributed by atoms with Crippen LogP contribution >= 0.6 is 23.4 Å². The lowest BCUT2D eigenvalue weighted by Crippen LogP contribution is -2.35. The van der Waals surface area contributed by atoms with Crippen LogP contribution in [0.5, 0.6) is 17.2 Å². The molecule has 1 amide bonds. The van der Waals surface area contributed by atoms with Gasteiger partial charge in [0, 0.05) is 0 Å². The number of benzene rings is 2. The highest BCUT2D eigenvalue weighted by molar-refractivity contribution is 8.26. The molecule has 2 heterocycles. The smallest absolute Gasteiger partial charge is 0.283 e. The number of thioether (sulfide) groups is 1. The molecule has 8 nitrogen and oxygen atoms in total. The summed E-state index contributed by atoms with van der Waals surface area (Å²) < 4.78 is 17.5. The average molecular weight is 513 g/mol. The number of nitrogens with one attached hydrogen (secondary N) is 1. The molecule has 0 spiro atoms. The fourth-order valence-corrected chi connectivity index (χ4v) is 4.59. The van der Waals surface area contributed by atoms with Crippen LogP contribution in [0, 0.1) is 19.3 Å². The third-order valence-electron chi connectivity index (χ3n) is 5.12. The number of amidine groups is 2. The predicted molar refractivity (Wildman–Crippen MR) is 140 cm³/mol. The fraction of sp³-hybridized carbons (Fsp3) is 0.280. The number of nitrogens with zero attached hydrogens (tertiary/aromatic N) is 3. The monoisotopic (exact) mass is 512 g/mol. The third kappa shape index (κ3) is 5.52. The maximum atomic E-state index is 12.6. The van der Waals surface area contributed by atoms with Gasteiger partial charge in [-0.05, 0) is 74.9 Å². The normalized spacial score (nSPS) is 16.3. The Balaban J connectivity index is 1.51. The first-order valence-electron chi connectivity index (χ1n) is 11.0. The van der Waals surface area contributed by atoms with Crippen molar-refractivity contribution in [2.45, 2.75) is 27.7 Å². The number of hydrogen-bond acceptors (Lipinski definition) is 7. The summed E-state index contributed by atoms with van der Waals surface area (Å²) in [7, 11) is 0. The van der Waals surface area contributed by atoms with Gasteiger partial charge in [-0.3, -0.25) is 10.2 Å². The average Bonchev–Trinajstić information content (AvgIpc) is 3.17. The Morgan fingerprint density at radius 1 is 1.09 bits per heavy atom. The molecule has 0 radical (unpaired) electrons. The van der Waals surface area contributed by atoms with Crippen molar-refractivity contribution in [1.29, 1.82) is 5.41 Å². The molecule has 2 aromatic rings. The summed E-state index contributed by atoms with van der Waals surface area (Å²) in [4.78, 5) is 16.6. The molecule has 0 fully saturated rings. The summed E-state index contributed by atoms with van der Waals surface area (Å²) in [5.41, 5.74) is 2.93. The lowest BCUT2D eigenvalue weighted by molar-refractivity contribution is -0.114. The Morgan fingerprint density at radius 2 is 1.86 bits per heavy atom. The van der Waals surface area contributed by atoms with Crippen molar-refractivity contribution in [1.82, 2.24) is 5.01 Å². The largest absolute Gasteiger partial charge is 0.490 e. The van der Waals surface area contributed by atoms with Crippen molar-refractivity contribution < 1.29 is 19.0 Å². The summed E-state index contributed by atoms with van der Waals surface area (Å²) in [6, 6.07) is 9.38. The van der Waals surface area contributed by atoms with Gasteiger partial charge in [0.2, 0.25) is 5.17 Å². The van der Waals surface area contributed by atoms with E-state index >= 15 is 0 Å². The molecule has 2 aliphatic rings. The Kier molecular flexibility index (Phi) is 7.47. The van der Waals surface area contributed by atoms with Crippen LogP contribution in [0.25, 0.3) is 6.08 Å². The number of carbonyl (C=O) groups is 1. The van der Waals surface area contributed by atoms with Gasteiger partial charge < -0.3 is 14.2 Å². The van der Waals surface area contributed by atoms with E-state index < -0.39 is 5.91 Å². The number of aryl methyl sites for hydroxylation is 2. The zero-order valence-electron chi connectivity index (χ0n) is 19.8. The second-order valence-electron chi connectivity index (χ2n) is 7.87. The number of amides is 1. The second kappa shape index (κ2) is 10.5. The first-order valence-corrected chi connectivity index (χ1v) is 12.2. The second-order valence-corrected chi connectivity index (χ2v) is 9.44.